The van der Waals surface area contributed by atoms with Crippen LogP contribution in [0.1, 0.15) is 12.6 Å². The third-order valence-corrected chi connectivity index (χ3v) is 2.83. The van der Waals surface area contributed by atoms with E-state index in [-0.39, 0.29) is 0 Å². The summed E-state index contributed by atoms with van der Waals surface area (Å²) in [6, 6.07) is 11.6. The second-order valence-electron chi connectivity index (χ2n) is 3.07. The van der Waals surface area contributed by atoms with Gasteiger partial charge in [-0.25, -0.2) is 0 Å². The summed E-state index contributed by atoms with van der Waals surface area (Å²) < 4.78 is 5.56. The minimum absolute atomic E-state index is 0.366. The number of nitriles is 1. The Morgan fingerprint density at radius 1 is 1.38 bits per heavy atom. The van der Waals surface area contributed by atoms with Gasteiger partial charge in [0, 0.05) is 5.56 Å². The van der Waals surface area contributed by atoms with Gasteiger partial charge >= 0.3 is 0 Å². The Balaban J connectivity index is 2.41. The van der Waals surface area contributed by atoms with Crippen LogP contribution in [0.4, 0.5) is 0 Å². The van der Waals surface area contributed by atoms with E-state index in [1.54, 1.807) is 0 Å². The fourth-order valence-electron chi connectivity index (χ4n) is 1.31. The summed E-state index contributed by atoms with van der Waals surface area (Å²) >= 11 is 1.49. The van der Waals surface area contributed by atoms with Crippen LogP contribution in [0.15, 0.2) is 39.8 Å². The maximum atomic E-state index is 8.92. The second-order valence-corrected chi connectivity index (χ2v) is 4.30. The van der Waals surface area contributed by atoms with Crippen molar-refractivity contribution in [1.82, 2.24) is 4.98 Å². The van der Waals surface area contributed by atoms with E-state index in [4.69, 9.17) is 9.68 Å². The molecule has 0 bridgehead atoms. The van der Waals surface area contributed by atoms with Crippen LogP contribution in [-0.2, 0) is 0 Å². The lowest BCUT2D eigenvalue weighted by molar-refractivity contribution is 0.483. The van der Waals surface area contributed by atoms with Gasteiger partial charge in [0.15, 0.2) is 10.8 Å². The van der Waals surface area contributed by atoms with E-state index < -0.39 is 0 Å². The monoisotopic (exact) mass is 230 g/mol. The summed E-state index contributed by atoms with van der Waals surface area (Å²) in [5.41, 5.74) is 1.26. The minimum atomic E-state index is 0.366. The highest BCUT2D eigenvalue weighted by atomic mass is 32.2. The Bertz CT molecular complexity index is 514. The summed E-state index contributed by atoms with van der Waals surface area (Å²) in [5.74, 6) is 1.37. The first-order valence-electron chi connectivity index (χ1n) is 4.94. The summed E-state index contributed by atoms with van der Waals surface area (Å²) in [6.07, 6.45) is 0. The maximum Gasteiger partial charge on any atom is 0.228 e. The predicted octanol–water partition coefficient (Wildman–Crippen LogP) is 3.33. The van der Waals surface area contributed by atoms with Crippen LogP contribution >= 0.6 is 11.8 Å². The third kappa shape index (κ3) is 2.10. The Morgan fingerprint density at radius 3 is 2.75 bits per heavy atom. The number of rotatable bonds is 3. The van der Waals surface area contributed by atoms with Gasteiger partial charge in [-0.15, -0.1) is 0 Å². The van der Waals surface area contributed by atoms with E-state index in [1.165, 1.54) is 11.8 Å². The number of hydrogen-bond acceptors (Lipinski definition) is 4. The van der Waals surface area contributed by atoms with E-state index in [2.05, 4.69) is 4.98 Å². The topological polar surface area (TPSA) is 49.8 Å². The first kappa shape index (κ1) is 10.8. The molecule has 0 spiro atoms. The molecule has 0 amide bonds. The normalized spacial score (nSPS) is 10.0. The van der Waals surface area contributed by atoms with Gasteiger partial charge < -0.3 is 4.42 Å². The van der Waals surface area contributed by atoms with E-state index in [0.717, 1.165) is 11.3 Å². The smallest absolute Gasteiger partial charge is 0.228 e. The summed E-state index contributed by atoms with van der Waals surface area (Å²) in [4.78, 5) is 4.17. The van der Waals surface area contributed by atoms with Crippen molar-refractivity contribution in [2.75, 3.05) is 5.75 Å². The zero-order valence-electron chi connectivity index (χ0n) is 8.80. The Labute approximate surface area is 98.1 Å². The van der Waals surface area contributed by atoms with Crippen LogP contribution in [0.3, 0.4) is 0 Å². The van der Waals surface area contributed by atoms with Gasteiger partial charge in [0.1, 0.15) is 6.07 Å². The van der Waals surface area contributed by atoms with Crippen molar-refractivity contribution < 1.29 is 4.42 Å². The molecule has 1 heterocycles. The number of oxazole rings is 1. The van der Waals surface area contributed by atoms with Crippen LogP contribution < -0.4 is 0 Å². The summed E-state index contributed by atoms with van der Waals surface area (Å²) in [5, 5.41) is 9.52. The Morgan fingerprint density at radius 2 is 2.12 bits per heavy atom. The molecule has 1 aromatic carbocycles. The zero-order chi connectivity index (χ0) is 11.4. The molecule has 0 saturated heterocycles. The van der Waals surface area contributed by atoms with Crippen molar-refractivity contribution in [1.29, 1.82) is 5.26 Å². The molecule has 16 heavy (non-hydrogen) atoms. The summed E-state index contributed by atoms with van der Waals surface area (Å²) in [7, 11) is 0. The zero-order valence-corrected chi connectivity index (χ0v) is 9.62. The molecule has 0 aliphatic heterocycles. The first-order chi connectivity index (χ1) is 7.85. The van der Waals surface area contributed by atoms with E-state index in [0.29, 0.717) is 16.7 Å². The third-order valence-electron chi connectivity index (χ3n) is 2.00. The summed E-state index contributed by atoms with van der Waals surface area (Å²) in [6.45, 7) is 2.01. The second kappa shape index (κ2) is 4.86. The van der Waals surface area contributed by atoms with Crippen LogP contribution in [0.2, 0.25) is 0 Å². The quantitative estimate of drug-likeness (QED) is 0.759. The number of nitrogens with zero attached hydrogens (tertiary/aromatic N) is 2. The van der Waals surface area contributed by atoms with Gasteiger partial charge in [0.05, 0.1) is 0 Å². The van der Waals surface area contributed by atoms with Crippen molar-refractivity contribution in [3.8, 4) is 17.5 Å². The maximum absolute atomic E-state index is 8.92. The molecule has 0 radical (unpaired) electrons. The molecular weight excluding hydrogens is 220 g/mol. The van der Waals surface area contributed by atoms with Crippen LogP contribution in [0, 0.1) is 11.3 Å². The van der Waals surface area contributed by atoms with Crippen molar-refractivity contribution in [3.63, 3.8) is 0 Å². The van der Waals surface area contributed by atoms with E-state index >= 15 is 0 Å². The molecule has 0 aliphatic carbocycles. The Kier molecular flexibility index (Phi) is 3.28. The molecule has 1 aromatic heterocycles. The highest BCUT2D eigenvalue weighted by Gasteiger charge is 2.13. The molecule has 80 valence electrons. The van der Waals surface area contributed by atoms with Crippen LogP contribution in [-0.4, -0.2) is 10.7 Å². The highest BCUT2D eigenvalue weighted by molar-refractivity contribution is 7.99. The van der Waals surface area contributed by atoms with Crippen molar-refractivity contribution >= 4 is 11.8 Å². The molecule has 0 saturated carbocycles. The lowest BCUT2D eigenvalue weighted by Crippen LogP contribution is -1.78. The fraction of sp³-hybridized carbons (Fsp3) is 0.167. The number of benzene rings is 1. The molecule has 0 unspecified atom stereocenters. The average Bonchev–Trinajstić information content (AvgIpc) is 2.74. The van der Waals surface area contributed by atoms with E-state index in [1.807, 2.05) is 43.3 Å². The number of thioether (sulfide) groups is 1. The SMILES string of the molecule is CCSc1oc(-c2ccccc2)nc1C#N. The molecule has 2 rings (SSSR count). The van der Waals surface area contributed by atoms with Gasteiger partial charge in [-0.1, -0.05) is 36.9 Å². The molecule has 3 nitrogen and oxygen atoms in total. The molecule has 0 atom stereocenters. The standard InChI is InChI=1S/C12H10N2OS/c1-2-16-12-10(8-13)14-11(15-12)9-6-4-3-5-7-9/h3-7H,2H2,1H3. The number of hydrogen-bond donors (Lipinski definition) is 0. The fourth-order valence-corrected chi connectivity index (χ4v) is 1.94. The molecule has 0 N–H and O–H groups in total. The van der Waals surface area contributed by atoms with Crippen molar-refractivity contribution in [2.24, 2.45) is 0 Å². The Hall–Kier alpha value is -1.73. The number of aromatic nitrogens is 1. The van der Waals surface area contributed by atoms with Gasteiger partial charge in [0.25, 0.3) is 0 Å². The van der Waals surface area contributed by atoms with Crippen LogP contribution in [0.5, 0.6) is 0 Å². The van der Waals surface area contributed by atoms with Gasteiger partial charge in [-0.05, 0) is 17.9 Å². The van der Waals surface area contributed by atoms with E-state index in [9.17, 15) is 0 Å². The van der Waals surface area contributed by atoms with Gasteiger partial charge in [0.2, 0.25) is 5.89 Å². The van der Waals surface area contributed by atoms with Crippen molar-refractivity contribution in [3.05, 3.63) is 36.0 Å². The van der Waals surface area contributed by atoms with Gasteiger partial charge in [-0.2, -0.15) is 10.2 Å². The highest BCUT2D eigenvalue weighted by Crippen LogP contribution is 2.28. The average molecular weight is 230 g/mol. The van der Waals surface area contributed by atoms with Crippen molar-refractivity contribution in [2.45, 2.75) is 12.0 Å². The molecule has 2 aromatic rings. The first-order valence-corrected chi connectivity index (χ1v) is 5.93. The molecular formula is C12H10N2OS. The molecule has 4 heteroatoms. The minimum Gasteiger partial charge on any atom is -0.428 e. The predicted molar refractivity (Wildman–Crippen MR) is 63.1 cm³/mol. The molecule has 0 aliphatic rings. The molecule has 0 fully saturated rings. The van der Waals surface area contributed by atoms with Gasteiger partial charge in [-0.3, -0.25) is 0 Å². The largest absolute Gasteiger partial charge is 0.428 e. The lowest BCUT2D eigenvalue weighted by atomic mass is 10.2. The van der Waals surface area contributed by atoms with Crippen LogP contribution in [0.25, 0.3) is 11.5 Å². The lowest BCUT2D eigenvalue weighted by Gasteiger charge is -1.93.